The van der Waals surface area contributed by atoms with Crippen LogP contribution in [0, 0.1) is 0 Å². The zero-order valence-corrected chi connectivity index (χ0v) is 14.5. The fourth-order valence-electron chi connectivity index (χ4n) is 1.54. The Bertz CT molecular complexity index is 351. The monoisotopic (exact) mass is 329 g/mol. The fourth-order valence-corrected chi connectivity index (χ4v) is 1.54. The van der Waals surface area contributed by atoms with Crippen molar-refractivity contribution < 1.29 is 19.2 Å². The molecule has 0 aliphatic heterocycles. The fraction of sp³-hybridized carbons (Fsp3) is 0.778. The van der Waals surface area contributed by atoms with E-state index >= 15 is 0 Å². The predicted octanol–water partition coefficient (Wildman–Crippen LogP) is 3.63. The molecule has 0 aliphatic rings. The smallest absolute Gasteiger partial charge is 0.216 e. The van der Waals surface area contributed by atoms with Gasteiger partial charge in [-0.25, -0.2) is 0 Å². The highest BCUT2D eigenvalue weighted by Crippen LogP contribution is 2.03. The van der Waals surface area contributed by atoms with E-state index in [-0.39, 0.29) is 30.7 Å². The van der Waals surface area contributed by atoms with E-state index in [0.717, 1.165) is 19.4 Å². The molecule has 5 nitrogen and oxygen atoms in total. The molecule has 136 valence electrons. The maximum atomic E-state index is 11.2. The van der Waals surface area contributed by atoms with Crippen molar-refractivity contribution in [3.8, 4) is 0 Å². The minimum absolute atomic E-state index is 0. The first-order chi connectivity index (χ1) is 10.3. The SMILES string of the molecule is C.CCC(=O)CCCC(=O)CCC(C)=O.CCCCNC(C)=O. The van der Waals surface area contributed by atoms with Crippen molar-refractivity contribution >= 4 is 23.3 Å². The van der Waals surface area contributed by atoms with E-state index in [0.29, 0.717) is 38.5 Å². The normalized spacial score (nSPS) is 9.04. The second-order valence-corrected chi connectivity index (χ2v) is 5.32. The molecule has 0 radical (unpaired) electrons. The molecule has 0 bridgehead atoms. The number of unbranched alkanes of at least 4 members (excludes halogenated alkanes) is 1. The van der Waals surface area contributed by atoms with Gasteiger partial charge >= 0.3 is 0 Å². The van der Waals surface area contributed by atoms with Gasteiger partial charge in [0.15, 0.2) is 0 Å². The average molecular weight is 329 g/mol. The van der Waals surface area contributed by atoms with Crippen molar-refractivity contribution in [2.75, 3.05) is 6.54 Å². The number of Topliss-reactive ketones (excluding diaryl/α,β-unsaturated/α-hetero) is 3. The molecule has 0 rings (SSSR count). The average Bonchev–Trinajstić information content (AvgIpc) is 2.45. The first kappa shape index (κ1) is 26.4. The summed E-state index contributed by atoms with van der Waals surface area (Å²) in [4.78, 5) is 42.8. The third-order valence-corrected chi connectivity index (χ3v) is 2.97. The maximum absolute atomic E-state index is 11.2. The van der Waals surface area contributed by atoms with Gasteiger partial charge in [0.05, 0.1) is 0 Å². The molecule has 23 heavy (non-hydrogen) atoms. The van der Waals surface area contributed by atoms with Crippen LogP contribution in [0.4, 0.5) is 0 Å². The molecular weight excluding hydrogens is 294 g/mol. The first-order valence-corrected chi connectivity index (χ1v) is 8.10. The van der Waals surface area contributed by atoms with E-state index < -0.39 is 0 Å². The van der Waals surface area contributed by atoms with Crippen LogP contribution in [0.1, 0.15) is 86.5 Å². The van der Waals surface area contributed by atoms with Crippen molar-refractivity contribution in [1.82, 2.24) is 5.32 Å². The lowest BCUT2D eigenvalue weighted by Gasteiger charge is -1.98. The summed E-state index contributed by atoms with van der Waals surface area (Å²) in [6, 6.07) is 0. The lowest BCUT2D eigenvalue weighted by atomic mass is 10.1. The Balaban J connectivity index is -0.000000382. The molecule has 0 saturated carbocycles. The second kappa shape index (κ2) is 18.5. The molecule has 0 aromatic rings. The number of carbonyl (C=O) groups is 4. The Morgan fingerprint density at radius 1 is 0.783 bits per heavy atom. The van der Waals surface area contributed by atoms with Gasteiger partial charge in [-0.3, -0.25) is 14.4 Å². The first-order valence-electron chi connectivity index (χ1n) is 8.10. The van der Waals surface area contributed by atoms with Crippen molar-refractivity contribution in [1.29, 1.82) is 0 Å². The highest BCUT2D eigenvalue weighted by Gasteiger charge is 2.05. The quantitative estimate of drug-likeness (QED) is 0.587. The predicted molar refractivity (Wildman–Crippen MR) is 94.4 cm³/mol. The Hall–Kier alpha value is -1.52. The highest BCUT2D eigenvalue weighted by molar-refractivity contribution is 5.85. The molecule has 0 aromatic heterocycles. The van der Waals surface area contributed by atoms with Gasteiger partial charge in [0.2, 0.25) is 5.91 Å². The summed E-state index contributed by atoms with van der Waals surface area (Å²) in [5.74, 6) is 0.398. The molecule has 0 spiro atoms. The molecule has 0 heterocycles. The number of hydrogen-bond acceptors (Lipinski definition) is 4. The highest BCUT2D eigenvalue weighted by atomic mass is 16.1. The van der Waals surface area contributed by atoms with Gasteiger partial charge in [-0.2, -0.15) is 0 Å². The summed E-state index contributed by atoms with van der Waals surface area (Å²) in [7, 11) is 0. The van der Waals surface area contributed by atoms with Crippen LogP contribution in [0.15, 0.2) is 0 Å². The standard InChI is InChI=1S/C11H18O3.C6H13NO.CH4/c1-3-10(13)5-4-6-11(14)8-7-9(2)12;1-3-4-5-7-6(2)8;/h3-8H2,1-2H3;3-5H2,1-2H3,(H,7,8);1H4. The number of rotatable bonds is 11. The topological polar surface area (TPSA) is 80.3 Å². The summed E-state index contributed by atoms with van der Waals surface area (Å²) in [6.07, 6.45) is 4.97. The number of amides is 1. The number of nitrogens with one attached hydrogen (secondary N) is 1. The Morgan fingerprint density at radius 3 is 1.78 bits per heavy atom. The van der Waals surface area contributed by atoms with Gasteiger partial charge in [-0.05, 0) is 19.8 Å². The Labute approximate surface area is 141 Å². The van der Waals surface area contributed by atoms with Gasteiger partial charge in [-0.1, -0.05) is 27.7 Å². The van der Waals surface area contributed by atoms with E-state index in [4.69, 9.17) is 0 Å². The number of ketones is 3. The Kier molecular flexibility index (Phi) is 21.3. The van der Waals surface area contributed by atoms with Crippen LogP contribution in [0.3, 0.4) is 0 Å². The molecule has 1 N–H and O–H groups in total. The van der Waals surface area contributed by atoms with E-state index in [1.165, 1.54) is 13.8 Å². The van der Waals surface area contributed by atoms with Crippen LogP contribution in [0.25, 0.3) is 0 Å². The molecule has 0 aliphatic carbocycles. The molecule has 0 aromatic carbocycles. The van der Waals surface area contributed by atoms with Crippen LogP contribution < -0.4 is 5.32 Å². The number of hydrogen-bond donors (Lipinski definition) is 1. The molecule has 0 unspecified atom stereocenters. The number of carbonyl (C=O) groups excluding carboxylic acids is 4. The van der Waals surface area contributed by atoms with Crippen molar-refractivity contribution in [3.05, 3.63) is 0 Å². The van der Waals surface area contributed by atoms with E-state index in [9.17, 15) is 19.2 Å². The zero-order valence-electron chi connectivity index (χ0n) is 14.5. The molecular formula is C18H35NO4. The summed E-state index contributed by atoms with van der Waals surface area (Å²) < 4.78 is 0. The van der Waals surface area contributed by atoms with Crippen molar-refractivity contribution in [3.63, 3.8) is 0 Å². The third-order valence-electron chi connectivity index (χ3n) is 2.97. The summed E-state index contributed by atoms with van der Waals surface area (Å²) in [5.41, 5.74) is 0. The third kappa shape index (κ3) is 25.8. The van der Waals surface area contributed by atoms with Gasteiger partial charge in [0.25, 0.3) is 0 Å². The van der Waals surface area contributed by atoms with Crippen molar-refractivity contribution in [2.24, 2.45) is 0 Å². The van der Waals surface area contributed by atoms with E-state index in [2.05, 4.69) is 12.2 Å². The largest absolute Gasteiger partial charge is 0.356 e. The zero-order chi connectivity index (χ0) is 17.4. The van der Waals surface area contributed by atoms with Gasteiger partial charge < -0.3 is 10.1 Å². The van der Waals surface area contributed by atoms with Crippen LogP contribution in [0.5, 0.6) is 0 Å². The van der Waals surface area contributed by atoms with E-state index in [1.807, 2.05) is 6.92 Å². The molecule has 0 fully saturated rings. The lowest BCUT2D eigenvalue weighted by molar-refractivity contribution is -0.123. The van der Waals surface area contributed by atoms with Gasteiger partial charge in [0, 0.05) is 45.6 Å². The van der Waals surface area contributed by atoms with Crippen LogP contribution in [-0.2, 0) is 19.2 Å². The molecule has 1 amide bonds. The summed E-state index contributed by atoms with van der Waals surface area (Å²) in [5, 5.41) is 2.71. The van der Waals surface area contributed by atoms with Crippen LogP contribution >= 0.6 is 0 Å². The second-order valence-electron chi connectivity index (χ2n) is 5.32. The molecule has 0 atom stereocenters. The minimum atomic E-state index is 0. The lowest BCUT2D eigenvalue weighted by Crippen LogP contribution is -2.20. The van der Waals surface area contributed by atoms with Crippen LogP contribution in [-0.4, -0.2) is 29.8 Å². The summed E-state index contributed by atoms with van der Waals surface area (Å²) in [6.45, 7) is 7.76. The van der Waals surface area contributed by atoms with E-state index in [1.54, 1.807) is 0 Å². The minimum Gasteiger partial charge on any atom is -0.356 e. The van der Waals surface area contributed by atoms with Crippen molar-refractivity contribution in [2.45, 2.75) is 86.5 Å². The molecule has 5 heteroatoms. The molecule has 0 saturated heterocycles. The van der Waals surface area contributed by atoms with Crippen LogP contribution in [0.2, 0.25) is 0 Å². The maximum Gasteiger partial charge on any atom is 0.216 e. The van der Waals surface area contributed by atoms with Gasteiger partial charge in [0.1, 0.15) is 17.3 Å². The Morgan fingerprint density at radius 2 is 1.35 bits per heavy atom. The summed E-state index contributed by atoms with van der Waals surface area (Å²) >= 11 is 0. The van der Waals surface area contributed by atoms with Gasteiger partial charge in [-0.15, -0.1) is 0 Å².